The van der Waals surface area contributed by atoms with Crippen molar-refractivity contribution in [1.29, 1.82) is 0 Å². The van der Waals surface area contributed by atoms with E-state index in [1.807, 2.05) is 11.7 Å². The Hall–Kier alpha value is -2.45. The Balaban J connectivity index is 1.09. The topological polar surface area (TPSA) is 88.5 Å². The Bertz CT molecular complexity index is 1130. The minimum atomic E-state index is -0.368. The van der Waals surface area contributed by atoms with Crippen molar-refractivity contribution in [2.75, 3.05) is 31.1 Å². The number of hydrogen-bond acceptors (Lipinski definition) is 6. The first kappa shape index (κ1) is 23.0. The standard InChI is InChI=1S/C27H37N5O3/c1-17-14-27(15-28-16-27)10-7-23(17)35-19-8-11-32(12-9-19)18-3-4-20-22(13-18)31(2)30-25(20)21-5-6-24(33)29-26(21)34/h3-4,13,17,19,21,23,28H,5-12,14-16H2,1-2H3,(H,29,33,34)/t17-,21?,23+/m0/s1. The molecule has 6 rings (SSSR count). The minimum Gasteiger partial charge on any atom is -0.375 e. The Morgan fingerprint density at radius 3 is 2.60 bits per heavy atom. The number of nitrogens with zero attached hydrogens (tertiary/aromatic N) is 3. The first-order valence-corrected chi connectivity index (χ1v) is 13.3. The van der Waals surface area contributed by atoms with Crippen LogP contribution >= 0.6 is 0 Å². The van der Waals surface area contributed by atoms with E-state index in [9.17, 15) is 9.59 Å². The number of hydrogen-bond donors (Lipinski definition) is 2. The van der Waals surface area contributed by atoms with Gasteiger partial charge in [0.15, 0.2) is 0 Å². The number of aromatic nitrogens is 2. The van der Waals surface area contributed by atoms with Gasteiger partial charge in [-0.1, -0.05) is 6.92 Å². The third kappa shape index (κ3) is 4.25. The number of piperidine rings is 2. The number of fused-ring (bicyclic) bond motifs is 1. The van der Waals surface area contributed by atoms with Crippen molar-refractivity contribution < 1.29 is 14.3 Å². The average molecular weight is 480 g/mol. The first-order valence-electron chi connectivity index (χ1n) is 13.3. The number of carbonyl (C=O) groups is 2. The van der Waals surface area contributed by atoms with Crippen molar-refractivity contribution in [2.24, 2.45) is 18.4 Å². The molecule has 8 nitrogen and oxygen atoms in total. The van der Waals surface area contributed by atoms with E-state index < -0.39 is 0 Å². The number of anilines is 1. The van der Waals surface area contributed by atoms with Gasteiger partial charge in [-0.2, -0.15) is 5.10 Å². The zero-order valence-electron chi connectivity index (χ0n) is 20.9. The van der Waals surface area contributed by atoms with Gasteiger partial charge in [-0.15, -0.1) is 0 Å². The zero-order chi connectivity index (χ0) is 24.2. The smallest absolute Gasteiger partial charge is 0.235 e. The van der Waals surface area contributed by atoms with E-state index in [1.165, 1.54) is 38.0 Å². The van der Waals surface area contributed by atoms with Crippen LogP contribution in [0, 0.1) is 11.3 Å². The van der Waals surface area contributed by atoms with Gasteiger partial charge in [0.25, 0.3) is 0 Å². The molecule has 1 unspecified atom stereocenters. The quantitative estimate of drug-likeness (QED) is 0.656. The van der Waals surface area contributed by atoms with Gasteiger partial charge in [0.05, 0.1) is 29.3 Å². The summed E-state index contributed by atoms with van der Waals surface area (Å²) in [6, 6.07) is 6.43. The van der Waals surface area contributed by atoms with Gasteiger partial charge in [-0.3, -0.25) is 19.6 Å². The molecule has 4 fully saturated rings. The average Bonchev–Trinajstić information content (AvgIpc) is 3.15. The Morgan fingerprint density at radius 2 is 1.91 bits per heavy atom. The lowest BCUT2D eigenvalue weighted by molar-refractivity contribution is -0.134. The third-order valence-electron chi connectivity index (χ3n) is 8.96. The van der Waals surface area contributed by atoms with Crippen LogP contribution in [0.15, 0.2) is 18.2 Å². The summed E-state index contributed by atoms with van der Waals surface area (Å²) in [5, 5.41) is 11.6. The third-order valence-corrected chi connectivity index (χ3v) is 8.96. The highest BCUT2D eigenvalue weighted by Gasteiger charge is 2.44. The fourth-order valence-corrected chi connectivity index (χ4v) is 6.83. The predicted octanol–water partition coefficient (Wildman–Crippen LogP) is 2.86. The van der Waals surface area contributed by atoms with Crippen LogP contribution in [0.1, 0.15) is 63.5 Å². The van der Waals surface area contributed by atoms with E-state index in [4.69, 9.17) is 4.74 Å². The van der Waals surface area contributed by atoms with Crippen LogP contribution in [0.2, 0.25) is 0 Å². The molecule has 4 aliphatic rings. The summed E-state index contributed by atoms with van der Waals surface area (Å²) in [6.07, 6.45) is 7.57. The largest absolute Gasteiger partial charge is 0.375 e. The maximum Gasteiger partial charge on any atom is 0.235 e. The van der Waals surface area contributed by atoms with E-state index in [2.05, 4.69) is 45.8 Å². The second-order valence-electron chi connectivity index (χ2n) is 11.4. The van der Waals surface area contributed by atoms with Crippen molar-refractivity contribution in [3.05, 3.63) is 23.9 Å². The SMILES string of the molecule is C[C@H]1CC2(CC[C@H]1OC1CCN(c3ccc4c(C5CCC(=O)NC5=O)nn(C)c4c3)CC1)CNC2. The summed E-state index contributed by atoms with van der Waals surface area (Å²) < 4.78 is 8.51. The molecular formula is C27H37N5O3. The maximum absolute atomic E-state index is 12.4. The molecule has 3 atom stereocenters. The van der Waals surface area contributed by atoms with E-state index in [0.29, 0.717) is 36.4 Å². The fraction of sp³-hybridized carbons (Fsp3) is 0.667. The lowest BCUT2D eigenvalue weighted by Gasteiger charge is -2.50. The number of benzene rings is 1. The molecule has 2 aromatic rings. The van der Waals surface area contributed by atoms with Crippen LogP contribution < -0.4 is 15.5 Å². The second-order valence-corrected chi connectivity index (χ2v) is 11.4. The van der Waals surface area contributed by atoms with E-state index in [-0.39, 0.29) is 17.7 Å². The molecule has 4 heterocycles. The lowest BCUT2D eigenvalue weighted by Crippen LogP contribution is -2.57. The van der Waals surface area contributed by atoms with Gasteiger partial charge in [-0.25, -0.2) is 0 Å². The molecule has 0 radical (unpaired) electrons. The van der Waals surface area contributed by atoms with Crippen LogP contribution in [-0.4, -0.2) is 60.0 Å². The summed E-state index contributed by atoms with van der Waals surface area (Å²) in [5.74, 6) is -0.152. The van der Waals surface area contributed by atoms with Crippen LogP contribution in [0.3, 0.4) is 0 Å². The molecule has 0 bridgehead atoms. The molecular weight excluding hydrogens is 442 g/mol. The maximum atomic E-state index is 12.4. The van der Waals surface area contributed by atoms with Crippen LogP contribution in [0.4, 0.5) is 5.69 Å². The van der Waals surface area contributed by atoms with Gasteiger partial charge in [0.2, 0.25) is 11.8 Å². The highest BCUT2D eigenvalue weighted by Crippen LogP contribution is 2.43. The van der Waals surface area contributed by atoms with E-state index >= 15 is 0 Å². The van der Waals surface area contributed by atoms with Gasteiger partial charge in [0.1, 0.15) is 0 Å². The van der Waals surface area contributed by atoms with Crippen molar-refractivity contribution in [3.8, 4) is 0 Å². The van der Waals surface area contributed by atoms with Crippen molar-refractivity contribution in [3.63, 3.8) is 0 Å². The number of rotatable bonds is 4. The van der Waals surface area contributed by atoms with Crippen molar-refractivity contribution >= 4 is 28.4 Å². The number of ether oxygens (including phenoxy) is 1. The van der Waals surface area contributed by atoms with Gasteiger partial charge < -0.3 is 15.0 Å². The minimum absolute atomic E-state index is 0.196. The zero-order valence-corrected chi connectivity index (χ0v) is 20.9. The Kier molecular flexibility index (Phi) is 5.84. The monoisotopic (exact) mass is 479 g/mol. The van der Waals surface area contributed by atoms with Gasteiger partial charge in [-0.05, 0) is 68.1 Å². The molecule has 1 aromatic heterocycles. The molecule has 3 saturated heterocycles. The summed E-state index contributed by atoms with van der Waals surface area (Å²) >= 11 is 0. The molecule has 2 amide bonds. The van der Waals surface area contributed by atoms with Gasteiger partial charge in [0, 0.05) is 50.7 Å². The fourth-order valence-electron chi connectivity index (χ4n) is 6.83. The number of amides is 2. The molecule has 1 aromatic carbocycles. The number of nitrogens with one attached hydrogen (secondary N) is 2. The van der Waals surface area contributed by atoms with Crippen molar-refractivity contribution in [1.82, 2.24) is 20.4 Å². The number of carbonyl (C=O) groups excluding carboxylic acids is 2. The normalized spacial score (nSPS) is 29.4. The molecule has 3 aliphatic heterocycles. The Labute approximate surface area is 206 Å². The molecule has 188 valence electrons. The highest BCUT2D eigenvalue weighted by molar-refractivity contribution is 6.02. The van der Waals surface area contributed by atoms with E-state index in [1.54, 1.807) is 0 Å². The molecule has 35 heavy (non-hydrogen) atoms. The summed E-state index contributed by atoms with van der Waals surface area (Å²) in [4.78, 5) is 26.4. The summed E-state index contributed by atoms with van der Waals surface area (Å²) in [7, 11) is 1.93. The van der Waals surface area contributed by atoms with Gasteiger partial charge >= 0.3 is 0 Å². The number of imide groups is 1. The van der Waals surface area contributed by atoms with Crippen molar-refractivity contribution in [2.45, 2.75) is 70.0 Å². The van der Waals surface area contributed by atoms with E-state index in [0.717, 1.165) is 42.5 Å². The number of aryl methyl sites for hydroxylation is 1. The van der Waals surface area contributed by atoms with Crippen LogP contribution in [0.5, 0.6) is 0 Å². The lowest BCUT2D eigenvalue weighted by atomic mass is 9.65. The molecule has 1 aliphatic carbocycles. The highest BCUT2D eigenvalue weighted by atomic mass is 16.5. The predicted molar refractivity (Wildman–Crippen MR) is 134 cm³/mol. The second kappa shape index (κ2) is 8.89. The summed E-state index contributed by atoms with van der Waals surface area (Å²) in [5.41, 5.74) is 3.55. The summed E-state index contributed by atoms with van der Waals surface area (Å²) in [6.45, 7) is 6.74. The molecule has 1 saturated carbocycles. The molecule has 2 N–H and O–H groups in total. The van der Waals surface area contributed by atoms with Crippen LogP contribution in [-0.2, 0) is 21.4 Å². The first-order chi connectivity index (χ1) is 16.9. The van der Waals surface area contributed by atoms with Crippen LogP contribution in [0.25, 0.3) is 10.9 Å². The molecule has 1 spiro atoms. The molecule has 8 heteroatoms. The Morgan fingerprint density at radius 1 is 1.11 bits per heavy atom.